The molecule has 7 aromatic rings. The van der Waals surface area contributed by atoms with Gasteiger partial charge in [-0.3, -0.25) is 4.79 Å². The molecule has 41 heavy (non-hydrogen) atoms. The van der Waals surface area contributed by atoms with Gasteiger partial charge in [0.1, 0.15) is 17.3 Å². The van der Waals surface area contributed by atoms with Gasteiger partial charge in [0.15, 0.2) is 11.3 Å². The first-order chi connectivity index (χ1) is 20.0. The Morgan fingerprint density at radius 2 is 1.37 bits per heavy atom. The zero-order valence-electron chi connectivity index (χ0n) is 22.3. The molecular formula is C30H25N9OS. The van der Waals surface area contributed by atoms with Crippen LogP contribution in [0.4, 0.5) is 11.6 Å². The SMILES string of the molecule is Cc1ccccc1-c1cc2nccc(N)n2n1.Cc1ccccc1-c1cc2nccc(NC(=O)c3cscn3)n2n1. The van der Waals surface area contributed by atoms with Crippen LogP contribution < -0.4 is 11.1 Å². The summed E-state index contributed by atoms with van der Waals surface area (Å²) in [6, 6.07) is 23.5. The second kappa shape index (κ2) is 11.0. The molecule has 0 saturated heterocycles. The molecule has 202 valence electrons. The Balaban J connectivity index is 0.000000156. The van der Waals surface area contributed by atoms with E-state index in [-0.39, 0.29) is 5.91 Å². The van der Waals surface area contributed by atoms with Gasteiger partial charge in [0.2, 0.25) is 0 Å². The van der Waals surface area contributed by atoms with E-state index in [0.717, 1.165) is 33.7 Å². The van der Waals surface area contributed by atoms with Gasteiger partial charge in [-0.25, -0.2) is 15.0 Å². The number of aryl methyl sites for hydroxylation is 2. The van der Waals surface area contributed by atoms with Crippen molar-refractivity contribution in [3.8, 4) is 22.5 Å². The number of anilines is 2. The maximum Gasteiger partial charge on any atom is 0.276 e. The lowest BCUT2D eigenvalue weighted by Crippen LogP contribution is -2.15. The largest absolute Gasteiger partial charge is 0.384 e. The molecule has 0 saturated carbocycles. The zero-order valence-corrected chi connectivity index (χ0v) is 23.1. The van der Waals surface area contributed by atoms with Crippen molar-refractivity contribution in [1.82, 2.24) is 34.2 Å². The van der Waals surface area contributed by atoms with Gasteiger partial charge in [0, 0.05) is 41.0 Å². The van der Waals surface area contributed by atoms with Crippen LogP contribution in [-0.2, 0) is 0 Å². The number of aromatic nitrogens is 7. The monoisotopic (exact) mass is 559 g/mol. The van der Waals surface area contributed by atoms with Crippen LogP contribution in [0.5, 0.6) is 0 Å². The summed E-state index contributed by atoms with van der Waals surface area (Å²) < 4.78 is 3.29. The van der Waals surface area contributed by atoms with E-state index >= 15 is 0 Å². The third kappa shape index (κ3) is 5.25. The summed E-state index contributed by atoms with van der Waals surface area (Å²) >= 11 is 1.38. The molecule has 0 aliphatic rings. The number of nitrogens with zero attached hydrogens (tertiary/aromatic N) is 7. The molecule has 3 N–H and O–H groups in total. The quantitative estimate of drug-likeness (QED) is 0.283. The fourth-order valence-electron chi connectivity index (χ4n) is 4.39. The number of nitrogens with one attached hydrogen (secondary N) is 1. The average Bonchev–Trinajstić information content (AvgIpc) is 3.74. The molecule has 10 nitrogen and oxygen atoms in total. The number of carbonyl (C=O) groups is 1. The first kappa shape index (κ1) is 25.8. The maximum atomic E-state index is 12.2. The van der Waals surface area contributed by atoms with Crippen LogP contribution in [-0.4, -0.2) is 40.1 Å². The molecule has 0 unspecified atom stereocenters. The highest BCUT2D eigenvalue weighted by molar-refractivity contribution is 7.07. The molecule has 5 heterocycles. The number of nitrogen functional groups attached to an aromatic ring is 1. The van der Waals surface area contributed by atoms with Gasteiger partial charge in [-0.2, -0.15) is 19.2 Å². The summed E-state index contributed by atoms with van der Waals surface area (Å²) in [6.07, 6.45) is 3.34. The molecule has 11 heteroatoms. The summed E-state index contributed by atoms with van der Waals surface area (Å²) in [6.45, 7) is 4.10. The third-order valence-electron chi connectivity index (χ3n) is 6.49. The van der Waals surface area contributed by atoms with Crippen molar-refractivity contribution in [3.63, 3.8) is 0 Å². The molecule has 1 amide bonds. The van der Waals surface area contributed by atoms with E-state index < -0.39 is 0 Å². The minimum absolute atomic E-state index is 0.267. The Hall–Kier alpha value is -5.42. The second-order valence-corrected chi connectivity index (χ2v) is 9.98. The lowest BCUT2D eigenvalue weighted by Gasteiger charge is -2.05. The van der Waals surface area contributed by atoms with Gasteiger partial charge >= 0.3 is 0 Å². The van der Waals surface area contributed by atoms with E-state index in [1.54, 1.807) is 44.4 Å². The van der Waals surface area contributed by atoms with E-state index in [4.69, 9.17) is 5.73 Å². The highest BCUT2D eigenvalue weighted by Crippen LogP contribution is 2.25. The normalized spacial score (nSPS) is 10.9. The predicted molar refractivity (Wildman–Crippen MR) is 161 cm³/mol. The number of carbonyl (C=O) groups excluding carboxylic acids is 1. The van der Waals surface area contributed by atoms with Crippen molar-refractivity contribution >= 4 is 40.2 Å². The van der Waals surface area contributed by atoms with Crippen molar-refractivity contribution in [2.75, 3.05) is 11.1 Å². The van der Waals surface area contributed by atoms with Crippen LogP contribution in [0.2, 0.25) is 0 Å². The van der Waals surface area contributed by atoms with Crippen LogP contribution in [0.3, 0.4) is 0 Å². The second-order valence-electron chi connectivity index (χ2n) is 9.26. The van der Waals surface area contributed by atoms with Gasteiger partial charge < -0.3 is 11.1 Å². The Morgan fingerprint density at radius 1 is 0.780 bits per heavy atom. The van der Waals surface area contributed by atoms with Gasteiger partial charge in [-0.05, 0) is 37.1 Å². The first-order valence-electron chi connectivity index (χ1n) is 12.7. The van der Waals surface area contributed by atoms with E-state index in [9.17, 15) is 4.79 Å². The topological polar surface area (TPSA) is 128 Å². The molecule has 5 aromatic heterocycles. The average molecular weight is 560 g/mol. The molecule has 0 spiro atoms. The summed E-state index contributed by atoms with van der Waals surface area (Å²) in [5.41, 5.74) is 15.5. The highest BCUT2D eigenvalue weighted by atomic mass is 32.1. The van der Waals surface area contributed by atoms with E-state index in [2.05, 4.69) is 43.5 Å². The number of benzene rings is 2. The predicted octanol–water partition coefficient (Wildman–Crippen LogP) is 5.70. The number of thiazole rings is 1. The van der Waals surface area contributed by atoms with Crippen molar-refractivity contribution in [1.29, 1.82) is 0 Å². The first-order valence-corrected chi connectivity index (χ1v) is 13.7. The lowest BCUT2D eigenvalue weighted by atomic mass is 10.1. The number of fused-ring (bicyclic) bond motifs is 2. The van der Waals surface area contributed by atoms with Crippen LogP contribution >= 0.6 is 11.3 Å². The molecule has 0 fully saturated rings. The number of amides is 1. The van der Waals surface area contributed by atoms with Gasteiger partial charge in [0.25, 0.3) is 5.91 Å². The summed E-state index contributed by atoms with van der Waals surface area (Å²) in [5, 5.41) is 13.6. The van der Waals surface area contributed by atoms with Crippen molar-refractivity contribution in [2.24, 2.45) is 0 Å². The summed E-state index contributed by atoms with van der Waals surface area (Å²) in [4.78, 5) is 24.8. The lowest BCUT2D eigenvalue weighted by molar-refractivity contribution is 0.102. The third-order valence-corrected chi connectivity index (χ3v) is 7.08. The van der Waals surface area contributed by atoms with Gasteiger partial charge in [0.05, 0.1) is 16.9 Å². The van der Waals surface area contributed by atoms with Gasteiger partial charge in [-0.15, -0.1) is 11.3 Å². The molecule has 2 aromatic carbocycles. The minimum atomic E-state index is -0.267. The fraction of sp³-hybridized carbons (Fsp3) is 0.0667. The highest BCUT2D eigenvalue weighted by Gasteiger charge is 2.14. The molecule has 7 rings (SSSR count). The summed E-state index contributed by atoms with van der Waals surface area (Å²) in [7, 11) is 0. The fourth-order valence-corrected chi connectivity index (χ4v) is 4.92. The van der Waals surface area contributed by atoms with E-state index in [1.807, 2.05) is 61.5 Å². The van der Waals surface area contributed by atoms with Crippen molar-refractivity contribution in [2.45, 2.75) is 13.8 Å². The van der Waals surface area contributed by atoms with Crippen molar-refractivity contribution < 1.29 is 4.79 Å². The van der Waals surface area contributed by atoms with E-state index in [1.165, 1.54) is 16.9 Å². The standard InChI is InChI=1S/C17H13N5OS.C13H12N4/c1-11-4-2-3-5-12(11)13-8-16-18-7-6-15(22(16)21-13)20-17(23)14-9-24-10-19-14;1-9-4-2-3-5-10(9)11-8-13-15-7-6-12(14)17(13)16-11/h2-10H,1H3,(H,20,23);2-8H,14H2,1H3. The smallest absolute Gasteiger partial charge is 0.276 e. The van der Waals surface area contributed by atoms with Crippen molar-refractivity contribution in [3.05, 3.63) is 113 Å². The summed E-state index contributed by atoms with van der Waals surface area (Å²) in [5.74, 6) is 0.879. The number of hydrogen-bond acceptors (Lipinski definition) is 8. The Morgan fingerprint density at radius 3 is 1.95 bits per heavy atom. The van der Waals surface area contributed by atoms with Crippen LogP contribution in [0.25, 0.3) is 33.8 Å². The van der Waals surface area contributed by atoms with Gasteiger partial charge in [-0.1, -0.05) is 48.5 Å². The minimum Gasteiger partial charge on any atom is -0.384 e. The molecule has 0 radical (unpaired) electrons. The molecule has 0 aliphatic heterocycles. The van der Waals surface area contributed by atoms with Crippen LogP contribution in [0.1, 0.15) is 21.6 Å². The molecule has 0 bridgehead atoms. The Kier molecular flexibility index (Phi) is 6.92. The van der Waals surface area contributed by atoms with Crippen LogP contribution in [0, 0.1) is 13.8 Å². The molecule has 0 aliphatic carbocycles. The number of hydrogen-bond donors (Lipinski definition) is 2. The number of rotatable bonds is 4. The molecular weight excluding hydrogens is 534 g/mol. The Bertz CT molecular complexity index is 1990. The maximum absolute atomic E-state index is 12.2. The van der Waals surface area contributed by atoms with Crippen LogP contribution in [0.15, 0.2) is 96.1 Å². The van der Waals surface area contributed by atoms with E-state index in [0.29, 0.717) is 23.0 Å². The molecule has 0 atom stereocenters. The Labute approximate surface area is 239 Å². The zero-order chi connectivity index (χ0) is 28.3. The number of nitrogens with two attached hydrogens (primary N) is 1.